The Labute approximate surface area is 104 Å². The van der Waals surface area contributed by atoms with E-state index in [2.05, 4.69) is 10.4 Å². The van der Waals surface area contributed by atoms with Crippen molar-refractivity contribution in [2.24, 2.45) is 7.05 Å². The van der Waals surface area contributed by atoms with Gasteiger partial charge in [-0.25, -0.2) is 4.39 Å². The van der Waals surface area contributed by atoms with Crippen LogP contribution in [0.3, 0.4) is 0 Å². The molecular formula is C12H13ClFN3. The maximum atomic E-state index is 13.1. The average molecular weight is 254 g/mol. The summed E-state index contributed by atoms with van der Waals surface area (Å²) in [6.07, 6.45) is 1.89. The SMILES string of the molecule is Cc1nn(C)cc1NCc1cc(F)cc(Cl)c1. The highest BCUT2D eigenvalue weighted by Gasteiger charge is 2.03. The van der Waals surface area contributed by atoms with Crippen molar-refractivity contribution in [3.8, 4) is 0 Å². The number of benzene rings is 1. The van der Waals surface area contributed by atoms with E-state index in [1.165, 1.54) is 12.1 Å². The second-order valence-corrected chi connectivity index (χ2v) is 4.37. The van der Waals surface area contributed by atoms with Gasteiger partial charge in [-0.1, -0.05) is 11.6 Å². The van der Waals surface area contributed by atoms with Gasteiger partial charge in [0.15, 0.2) is 0 Å². The number of hydrogen-bond donors (Lipinski definition) is 1. The quantitative estimate of drug-likeness (QED) is 0.911. The van der Waals surface area contributed by atoms with Crippen LogP contribution < -0.4 is 5.32 Å². The monoisotopic (exact) mass is 253 g/mol. The summed E-state index contributed by atoms with van der Waals surface area (Å²) in [6, 6.07) is 4.49. The van der Waals surface area contributed by atoms with Crippen molar-refractivity contribution in [1.29, 1.82) is 0 Å². The van der Waals surface area contributed by atoms with Gasteiger partial charge in [0.2, 0.25) is 0 Å². The molecule has 0 aliphatic rings. The zero-order valence-electron chi connectivity index (χ0n) is 9.67. The molecule has 0 unspecified atom stereocenters. The fourth-order valence-electron chi connectivity index (χ4n) is 1.68. The number of halogens is 2. The van der Waals surface area contributed by atoms with Gasteiger partial charge in [0.05, 0.1) is 11.4 Å². The summed E-state index contributed by atoms with van der Waals surface area (Å²) in [4.78, 5) is 0. The van der Waals surface area contributed by atoms with E-state index in [1.54, 1.807) is 10.7 Å². The highest BCUT2D eigenvalue weighted by molar-refractivity contribution is 6.30. The third-order valence-corrected chi connectivity index (χ3v) is 2.64. The van der Waals surface area contributed by atoms with Crippen LogP contribution in [0.25, 0.3) is 0 Å². The Hall–Kier alpha value is -1.55. The summed E-state index contributed by atoms with van der Waals surface area (Å²) in [5.41, 5.74) is 2.65. The van der Waals surface area contributed by atoms with Gasteiger partial charge in [-0.3, -0.25) is 4.68 Å². The predicted molar refractivity (Wildman–Crippen MR) is 66.7 cm³/mol. The van der Waals surface area contributed by atoms with Crippen LogP contribution in [-0.2, 0) is 13.6 Å². The molecule has 0 spiro atoms. The van der Waals surface area contributed by atoms with E-state index in [0.29, 0.717) is 11.6 Å². The highest BCUT2D eigenvalue weighted by Crippen LogP contribution is 2.17. The predicted octanol–water partition coefficient (Wildman–Crippen LogP) is 3.13. The lowest BCUT2D eigenvalue weighted by Gasteiger charge is -2.05. The van der Waals surface area contributed by atoms with E-state index < -0.39 is 0 Å². The van der Waals surface area contributed by atoms with Gasteiger partial charge in [0.1, 0.15) is 5.82 Å². The van der Waals surface area contributed by atoms with Gasteiger partial charge in [-0.2, -0.15) is 5.10 Å². The number of nitrogens with one attached hydrogen (secondary N) is 1. The van der Waals surface area contributed by atoms with Crippen LogP contribution in [0.15, 0.2) is 24.4 Å². The molecule has 0 aliphatic heterocycles. The van der Waals surface area contributed by atoms with E-state index in [4.69, 9.17) is 11.6 Å². The first-order valence-corrected chi connectivity index (χ1v) is 5.61. The summed E-state index contributed by atoms with van der Waals surface area (Å²) >= 11 is 5.78. The molecular weight excluding hydrogens is 241 g/mol. The van der Waals surface area contributed by atoms with E-state index in [0.717, 1.165) is 16.9 Å². The van der Waals surface area contributed by atoms with Crippen molar-refractivity contribution >= 4 is 17.3 Å². The molecule has 3 nitrogen and oxygen atoms in total. The molecule has 0 saturated carbocycles. The maximum Gasteiger partial charge on any atom is 0.125 e. The lowest BCUT2D eigenvalue weighted by molar-refractivity contribution is 0.626. The topological polar surface area (TPSA) is 29.9 Å². The fraction of sp³-hybridized carbons (Fsp3) is 0.250. The second kappa shape index (κ2) is 4.75. The van der Waals surface area contributed by atoms with Crippen molar-refractivity contribution in [2.45, 2.75) is 13.5 Å². The molecule has 0 bridgehead atoms. The summed E-state index contributed by atoms with van der Waals surface area (Å²) in [7, 11) is 1.86. The zero-order chi connectivity index (χ0) is 12.4. The molecule has 0 fully saturated rings. The molecule has 0 atom stereocenters. The zero-order valence-corrected chi connectivity index (χ0v) is 10.4. The lowest BCUT2D eigenvalue weighted by atomic mass is 10.2. The van der Waals surface area contributed by atoms with Gasteiger partial charge < -0.3 is 5.32 Å². The van der Waals surface area contributed by atoms with Gasteiger partial charge in [-0.15, -0.1) is 0 Å². The van der Waals surface area contributed by atoms with Crippen LogP contribution in [-0.4, -0.2) is 9.78 Å². The van der Waals surface area contributed by atoms with Crippen LogP contribution >= 0.6 is 11.6 Å². The number of aryl methyl sites for hydroxylation is 2. The molecule has 17 heavy (non-hydrogen) atoms. The van der Waals surface area contributed by atoms with Crippen molar-refractivity contribution in [1.82, 2.24) is 9.78 Å². The van der Waals surface area contributed by atoms with Gasteiger partial charge in [0, 0.05) is 24.8 Å². The molecule has 0 saturated heterocycles. The first-order valence-electron chi connectivity index (χ1n) is 5.23. The Morgan fingerprint density at radius 3 is 2.76 bits per heavy atom. The van der Waals surface area contributed by atoms with Crippen LogP contribution in [0, 0.1) is 12.7 Å². The number of nitrogens with zero attached hydrogens (tertiary/aromatic N) is 2. The molecule has 1 aromatic heterocycles. The molecule has 5 heteroatoms. The minimum atomic E-state index is -0.322. The maximum absolute atomic E-state index is 13.1. The van der Waals surface area contributed by atoms with E-state index in [1.807, 2.05) is 20.2 Å². The molecule has 1 N–H and O–H groups in total. The Morgan fingerprint density at radius 1 is 1.41 bits per heavy atom. The summed E-state index contributed by atoms with van der Waals surface area (Å²) < 4.78 is 14.8. The Bertz CT molecular complexity index is 516. The average Bonchev–Trinajstić information content (AvgIpc) is 2.53. The normalized spacial score (nSPS) is 10.6. The summed E-state index contributed by atoms with van der Waals surface area (Å²) in [5, 5.41) is 7.82. The smallest absolute Gasteiger partial charge is 0.125 e. The molecule has 2 rings (SSSR count). The molecule has 1 heterocycles. The first kappa shape index (κ1) is 11.9. The van der Waals surface area contributed by atoms with E-state index in [-0.39, 0.29) is 5.82 Å². The highest BCUT2D eigenvalue weighted by atomic mass is 35.5. The third-order valence-electron chi connectivity index (χ3n) is 2.42. The largest absolute Gasteiger partial charge is 0.378 e. The Balaban J connectivity index is 2.09. The molecule has 1 aromatic carbocycles. The van der Waals surface area contributed by atoms with Crippen molar-refractivity contribution in [3.63, 3.8) is 0 Å². The Morgan fingerprint density at radius 2 is 2.18 bits per heavy atom. The molecule has 90 valence electrons. The molecule has 0 radical (unpaired) electrons. The van der Waals surface area contributed by atoms with Gasteiger partial charge >= 0.3 is 0 Å². The van der Waals surface area contributed by atoms with Gasteiger partial charge in [0.25, 0.3) is 0 Å². The summed E-state index contributed by atoms with van der Waals surface area (Å²) in [6.45, 7) is 2.44. The number of rotatable bonds is 3. The fourth-order valence-corrected chi connectivity index (χ4v) is 1.93. The molecule has 0 aliphatic carbocycles. The number of anilines is 1. The number of aromatic nitrogens is 2. The second-order valence-electron chi connectivity index (χ2n) is 3.93. The third kappa shape index (κ3) is 2.97. The van der Waals surface area contributed by atoms with Crippen LogP contribution in [0.1, 0.15) is 11.3 Å². The van der Waals surface area contributed by atoms with Crippen LogP contribution in [0.2, 0.25) is 5.02 Å². The molecule has 2 aromatic rings. The standard InChI is InChI=1S/C12H13ClFN3/c1-8-12(7-17(2)16-8)15-6-9-3-10(13)5-11(14)4-9/h3-5,7,15H,6H2,1-2H3. The van der Waals surface area contributed by atoms with Crippen LogP contribution in [0.4, 0.5) is 10.1 Å². The molecule has 0 amide bonds. The van der Waals surface area contributed by atoms with Crippen molar-refractivity contribution in [3.05, 3.63) is 46.5 Å². The van der Waals surface area contributed by atoms with Crippen LogP contribution in [0.5, 0.6) is 0 Å². The van der Waals surface area contributed by atoms with Gasteiger partial charge in [-0.05, 0) is 30.7 Å². The van der Waals surface area contributed by atoms with E-state index >= 15 is 0 Å². The first-order chi connectivity index (χ1) is 8.04. The number of hydrogen-bond acceptors (Lipinski definition) is 2. The lowest BCUT2D eigenvalue weighted by Crippen LogP contribution is -2.00. The minimum Gasteiger partial charge on any atom is -0.378 e. The van der Waals surface area contributed by atoms with E-state index in [9.17, 15) is 4.39 Å². The van der Waals surface area contributed by atoms with Crippen molar-refractivity contribution < 1.29 is 4.39 Å². The summed E-state index contributed by atoms with van der Waals surface area (Å²) in [5.74, 6) is -0.322. The Kier molecular flexibility index (Phi) is 3.33. The van der Waals surface area contributed by atoms with Crippen molar-refractivity contribution in [2.75, 3.05) is 5.32 Å². The minimum absolute atomic E-state index is 0.322.